The summed E-state index contributed by atoms with van der Waals surface area (Å²) in [5, 5.41) is 7.75. The molecular weight excluding hydrogens is 378 g/mol. The van der Waals surface area contributed by atoms with E-state index in [1.54, 1.807) is 17.0 Å². The number of ketones is 1. The number of ether oxygens (including phenoxy) is 2. The first-order chi connectivity index (χ1) is 13.7. The number of likely N-dealkylation sites (tertiary alicyclic amines) is 1. The number of benzene rings is 1. The molecule has 2 aliphatic heterocycles. The van der Waals surface area contributed by atoms with Crippen LogP contribution in [0.15, 0.2) is 16.8 Å². The molecule has 1 fully saturated rings. The van der Waals surface area contributed by atoms with Gasteiger partial charge in [-0.3, -0.25) is 14.4 Å². The van der Waals surface area contributed by atoms with Gasteiger partial charge in [0.15, 0.2) is 0 Å². The van der Waals surface area contributed by atoms with Crippen molar-refractivity contribution in [1.82, 2.24) is 15.2 Å². The predicted molar refractivity (Wildman–Crippen MR) is 99.9 cm³/mol. The number of fused-ring (bicyclic) bond motifs is 2. The Morgan fingerprint density at radius 2 is 1.90 bits per heavy atom. The van der Waals surface area contributed by atoms with Crippen molar-refractivity contribution in [2.45, 2.75) is 58.3 Å². The highest BCUT2D eigenvalue weighted by atomic mass is 16.6. The molecule has 3 atom stereocenters. The maximum absolute atomic E-state index is 13.0. The van der Waals surface area contributed by atoms with Gasteiger partial charge >= 0.3 is 5.97 Å². The smallest absolute Gasteiger partial charge is 0.302 e. The van der Waals surface area contributed by atoms with E-state index in [4.69, 9.17) is 14.1 Å². The molecule has 0 N–H and O–H groups in total. The van der Waals surface area contributed by atoms with Gasteiger partial charge in [0.1, 0.15) is 34.3 Å². The second kappa shape index (κ2) is 6.82. The van der Waals surface area contributed by atoms with Crippen molar-refractivity contribution < 1.29 is 28.5 Å². The highest BCUT2D eigenvalue weighted by Crippen LogP contribution is 2.48. The van der Waals surface area contributed by atoms with E-state index >= 15 is 0 Å². The van der Waals surface area contributed by atoms with Crippen LogP contribution in [0.3, 0.4) is 0 Å². The average molecular weight is 401 g/mol. The van der Waals surface area contributed by atoms with E-state index in [9.17, 15) is 14.4 Å². The molecule has 2 aliphatic rings. The molecule has 0 saturated carbocycles. The molecule has 1 saturated heterocycles. The fourth-order valence-electron chi connectivity index (χ4n) is 4.57. The third-order valence-corrected chi connectivity index (χ3v) is 5.66. The third-order valence-electron chi connectivity index (χ3n) is 5.66. The molecule has 2 aromatic rings. The normalized spacial score (nSPS) is 26.0. The van der Waals surface area contributed by atoms with Gasteiger partial charge in [-0.25, -0.2) is 4.63 Å². The number of Topliss-reactive ketones (excluding diaryl/α,β-unsaturated/α-hetero) is 1. The lowest BCUT2D eigenvalue weighted by atomic mass is 9.75. The summed E-state index contributed by atoms with van der Waals surface area (Å²) in [6, 6.07) is 2.98. The predicted octanol–water partition coefficient (Wildman–Crippen LogP) is 2.19. The van der Waals surface area contributed by atoms with E-state index in [0.29, 0.717) is 35.3 Å². The Hall–Kier alpha value is -2.97. The zero-order valence-electron chi connectivity index (χ0n) is 16.8. The molecule has 9 nitrogen and oxygen atoms in total. The monoisotopic (exact) mass is 401 g/mol. The van der Waals surface area contributed by atoms with Gasteiger partial charge in [0.2, 0.25) is 5.91 Å². The largest absolute Gasteiger partial charge is 0.487 e. The number of hydrogen-bond acceptors (Lipinski definition) is 8. The van der Waals surface area contributed by atoms with Gasteiger partial charge < -0.3 is 14.4 Å². The molecule has 3 heterocycles. The minimum atomic E-state index is -0.832. The first-order valence-corrected chi connectivity index (χ1v) is 9.59. The van der Waals surface area contributed by atoms with Crippen LogP contribution in [0.25, 0.3) is 11.0 Å². The Kier molecular flexibility index (Phi) is 4.55. The van der Waals surface area contributed by atoms with E-state index in [0.717, 1.165) is 0 Å². The van der Waals surface area contributed by atoms with Crippen molar-refractivity contribution in [2.75, 3.05) is 6.54 Å². The molecule has 1 amide bonds. The van der Waals surface area contributed by atoms with Crippen LogP contribution in [0.1, 0.15) is 52.1 Å². The maximum Gasteiger partial charge on any atom is 0.302 e. The molecule has 1 aromatic carbocycles. The molecule has 3 unspecified atom stereocenters. The highest BCUT2D eigenvalue weighted by molar-refractivity contribution is 5.86. The summed E-state index contributed by atoms with van der Waals surface area (Å²) in [6.45, 7) is 6.90. The standard InChI is InChI=1S/C20H23N3O6/c1-10(24)18-19(23-6-5-12(7-17(23)26)27-11(2)25)13-8-14-15(22-29-21-14)9-16(13)28-20(18,3)4/h8-9,12,18-19H,5-7H2,1-4H3. The lowest BCUT2D eigenvalue weighted by Crippen LogP contribution is -2.55. The van der Waals surface area contributed by atoms with Crippen LogP contribution in [-0.4, -0.2) is 51.1 Å². The maximum atomic E-state index is 13.0. The number of hydrogen-bond donors (Lipinski definition) is 0. The van der Waals surface area contributed by atoms with E-state index in [-0.39, 0.29) is 18.1 Å². The first kappa shape index (κ1) is 19.4. The number of carbonyl (C=O) groups is 3. The zero-order valence-corrected chi connectivity index (χ0v) is 16.8. The number of amides is 1. The number of carbonyl (C=O) groups excluding carboxylic acids is 3. The third kappa shape index (κ3) is 3.34. The zero-order chi connectivity index (χ0) is 20.9. The van der Waals surface area contributed by atoms with Gasteiger partial charge in [0.25, 0.3) is 0 Å². The second-order valence-electron chi connectivity index (χ2n) is 8.19. The number of piperidine rings is 1. The molecule has 1 aromatic heterocycles. The first-order valence-electron chi connectivity index (χ1n) is 9.59. The molecule has 4 rings (SSSR count). The summed E-state index contributed by atoms with van der Waals surface area (Å²) in [5.41, 5.74) is 0.939. The van der Waals surface area contributed by atoms with Gasteiger partial charge in [0.05, 0.1) is 18.4 Å². The van der Waals surface area contributed by atoms with Crippen LogP contribution in [0.2, 0.25) is 0 Å². The van der Waals surface area contributed by atoms with Crippen LogP contribution in [0.4, 0.5) is 0 Å². The highest BCUT2D eigenvalue weighted by Gasteiger charge is 2.51. The number of nitrogens with zero attached hydrogens (tertiary/aromatic N) is 3. The second-order valence-corrected chi connectivity index (χ2v) is 8.19. The van der Waals surface area contributed by atoms with Crippen LogP contribution < -0.4 is 4.74 Å². The van der Waals surface area contributed by atoms with Crippen LogP contribution in [0.5, 0.6) is 5.75 Å². The molecule has 0 radical (unpaired) electrons. The van der Waals surface area contributed by atoms with Crippen molar-refractivity contribution in [2.24, 2.45) is 5.92 Å². The van der Waals surface area contributed by atoms with E-state index < -0.39 is 29.6 Å². The minimum Gasteiger partial charge on any atom is -0.487 e. The molecular formula is C20H23N3O6. The van der Waals surface area contributed by atoms with Crippen molar-refractivity contribution in [3.8, 4) is 5.75 Å². The summed E-state index contributed by atoms with van der Waals surface area (Å²) >= 11 is 0. The van der Waals surface area contributed by atoms with E-state index in [1.165, 1.54) is 13.8 Å². The summed E-state index contributed by atoms with van der Waals surface area (Å²) in [7, 11) is 0. The summed E-state index contributed by atoms with van der Waals surface area (Å²) in [5.74, 6) is -0.659. The van der Waals surface area contributed by atoms with Crippen LogP contribution in [-0.2, 0) is 19.1 Å². The quantitative estimate of drug-likeness (QED) is 0.720. The summed E-state index contributed by atoms with van der Waals surface area (Å²) in [6.07, 6.45) is 0.156. The Bertz CT molecular complexity index is 997. The Morgan fingerprint density at radius 3 is 2.52 bits per heavy atom. The Labute approximate surface area is 167 Å². The van der Waals surface area contributed by atoms with Crippen molar-refractivity contribution in [3.63, 3.8) is 0 Å². The fourth-order valence-corrected chi connectivity index (χ4v) is 4.57. The number of aromatic nitrogens is 2. The molecule has 0 bridgehead atoms. The molecule has 0 aliphatic carbocycles. The SMILES string of the molecule is CC(=O)OC1CCN(C2c3cc4nonc4cc3OC(C)(C)C2C(C)=O)C(=O)C1. The number of rotatable bonds is 3. The topological polar surface area (TPSA) is 112 Å². The molecule has 154 valence electrons. The Morgan fingerprint density at radius 1 is 1.21 bits per heavy atom. The lowest BCUT2D eigenvalue weighted by Gasteiger charge is -2.49. The van der Waals surface area contributed by atoms with Gasteiger partial charge in [-0.1, -0.05) is 0 Å². The average Bonchev–Trinajstić information content (AvgIpc) is 3.05. The van der Waals surface area contributed by atoms with Gasteiger partial charge in [-0.2, -0.15) is 0 Å². The fraction of sp³-hybridized carbons (Fsp3) is 0.550. The van der Waals surface area contributed by atoms with E-state index in [1.807, 2.05) is 13.8 Å². The van der Waals surface area contributed by atoms with Crippen LogP contribution >= 0.6 is 0 Å². The van der Waals surface area contributed by atoms with Gasteiger partial charge in [-0.15, -0.1) is 0 Å². The summed E-state index contributed by atoms with van der Waals surface area (Å²) in [4.78, 5) is 38.7. The van der Waals surface area contributed by atoms with Gasteiger partial charge in [-0.05, 0) is 37.2 Å². The number of esters is 1. The van der Waals surface area contributed by atoms with Crippen molar-refractivity contribution in [3.05, 3.63) is 17.7 Å². The molecule has 0 spiro atoms. The van der Waals surface area contributed by atoms with Crippen molar-refractivity contribution >= 4 is 28.7 Å². The minimum absolute atomic E-state index is 0.0704. The van der Waals surface area contributed by atoms with Gasteiger partial charge in [0, 0.05) is 31.5 Å². The van der Waals surface area contributed by atoms with Crippen molar-refractivity contribution in [1.29, 1.82) is 0 Å². The summed E-state index contributed by atoms with van der Waals surface area (Å²) < 4.78 is 16.2. The van der Waals surface area contributed by atoms with Crippen LogP contribution in [0, 0.1) is 5.92 Å². The molecule has 9 heteroatoms. The molecule has 29 heavy (non-hydrogen) atoms. The van der Waals surface area contributed by atoms with E-state index in [2.05, 4.69) is 10.3 Å². The Balaban J connectivity index is 1.78. The lowest BCUT2D eigenvalue weighted by molar-refractivity contribution is -0.157.